The second-order valence-corrected chi connectivity index (χ2v) is 7.06. The standard InChI is InChI=1S/C19H19ClN2O4S/c1-24-9-8-22-16-7-6-13(20)10-17(16)27-19(22)21-18(23)12-26-15-5-3-4-14(11-15)25-2/h3-7,10-11H,8-9,12H2,1-2H3. The van der Waals surface area contributed by atoms with Crippen LogP contribution in [0.25, 0.3) is 10.2 Å². The lowest BCUT2D eigenvalue weighted by molar-refractivity contribution is -0.120. The van der Waals surface area contributed by atoms with Crippen LogP contribution in [-0.4, -0.2) is 37.9 Å². The number of methoxy groups -OCH3 is 2. The van der Waals surface area contributed by atoms with Crippen molar-refractivity contribution in [3.63, 3.8) is 0 Å². The predicted molar refractivity (Wildman–Crippen MR) is 106 cm³/mol. The van der Waals surface area contributed by atoms with E-state index in [1.54, 1.807) is 38.5 Å². The lowest BCUT2D eigenvalue weighted by Gasteiger charge is -2.06. The van der Waals surface area contributed by atoms with Gasteiger partial charge in [0.05, 0.1) is 23.9 Å². The van der Waals surface area contributed by atoms with Gasteiger partial charge in [0.1, 0.15) is 11.5 Å². The number of rotatable bonds is 7. The van der Waals surface area contributed by atoms with E-state index < -0.39 is 0 Å². The van der Waals surface area contributed by atoms with Crippen LogP contribution in [0.3, 0.4) is 0 Å². The first-order valence-electron chi connectivity index (χ1n) is 8.23. The first kappa shape index (κ1) is 19.4. The van der Waals surface area contributed by atoms with Crippen molar-refractivity contribution in [2.24, 2.45) is 4.99 Å². The van der Waals surface area contributed by atoms with E-state index in [4.69, 9.17) is 25.8 Å². The van der Waals surface area contributed by atoms with Crippen LogP contribution in [0.1, 0.15) is 0 Å². The fourth-order valence-electron chi connectivity index (χ4n) is 2.51. The smallest absolute Gasteiger partial charge is 0.286 e. The van der Waals surface area contributed by atoms with E-state index in [9.17, 15) is 4.79 Å². The Kier molecular flexibility index (Phi) is 6.49. The van der Waals surface area contributed by atoms with Crippen LogP contribution in [0.2, 0.25) is 5.02 Å². The van der Waals surface area contributed by atoms with Crippen molar-refractivity contribution < 1.29 is 19.0 Å². The van der Waals surface area contributed by atoms with E-state index in [0.717, 1.165) is 10.2 Å². The van der Waals surface area contributed by atoms with Crippen LogP contribution in [0.5, 0.6) is 11.5 Å². The summed E-state index contributed by atoms with van der Waals surface area (Å²) in [4.78, 5) is 17.1. The second-order valence-electron chi connectivity index (χ2n) is 5.61. The molecule has 0 saturated heterocycles. The molecule has 0 bridgehead atoms. The number of hydrogen-bond donors (Lipinski definition) is 0. The van der Waals surface area contributed by atoms with E-state index in [0.29, 0.717) is 34.5 Å². The van der Waals surface area contributed by atoms with Crippen molar-refractivity contribution in [1.29, 1.82) is 0 Å². The first-order chi connectivity index (χ1) is 13.1. The summed E-state index contributed by atoms with van der Waals surface area (Å²) in [5.74, 6) is 0.839. The minimum atomic E-state index is -0.373. The van der Waals surface area contributed by atoms with Gasteiger partial charge in [0.25, 0.3) is 5.91 Å². The number of halogens is 1. The van der Waals surface area contributed by atoms with Gasteiger partial charge < -0.3 is 18.8 Å². The fraction of sp³-hybridized carbons (Fsp3) is 0.263. The number of aromatic nitrogens is 1. The monoisotopic (exact) mass is 406 g/mol. The molecule has 0 unspecified atom stereocenters. The van der Waals surface area contributed by atoms with Crippen molar-refractivity contribution >= 4 is 39.1 Å². The van der Waals surface area contributed by atoms with Gasteiger partial charge in [-0.05, 0) is 30.3 Å². The van der Waals surface area contributed by atoms with Gasteiger partial charge in [-0.3, -0.25) is 4.79 Å². The quantitative estimate of drug-likeness (QED) is 0.602. The van der Waals surface area contributed by atoms with E-state index in [1.165, 1.54) is 11.3 Å². The van der Waals surface area contributed by atoms with E-state index in [2.05, 4.69) is 4.99 Å². The van der Waals surface area contributed by atoms with Crippen LogP contribution in [0, 0.1) is 0 Å². The topological polar surface area (TPSA) is 62.1 Å². The summed E-state index contributed by atoms with van der Waals surface area (Å²) < 4.78 is 18.7. The lowest BCUT2D eigenvalue weighted by Crippen LogP contribution is -2.21. The molecular formula is C19H19ClN2O4S. The number of carbonyl (C=O) groups is 1. The molecular weight excluding hydrogens is 388 g/mol. The number of fused-ring (bicyclic) bond motifs is 1. The summed E-state index contributed by atoms with van der Waals surface area (Å²) in [6.45, 7) is 0.934. The highest BCUT2D eigenvalue weighted by Gasteiger charge is 2.09. The van der Waals surface area contributed by atoms with E-state index in [-0.39, 0.29) is 12.5 Å². The third-order valence-corrected chi connectivity index (χ3v) is 5.06. The molecule has 27 heavy (non-hydrogen) atoms. The lowest BCUT2D eigenvalue weighted by atomic mass is 10.3. The van der Waals surface area contributed by atoms with Crippen molar-refractivity contribution in [3.05, 3.63) is 52.3 Å². The van der Waals surface area contributed by atoms with Crippen LogP contribution in [0.15, 0.2) is 47.5 Å². The molecule has 6 nitrogen and oxygen atoms in total. The Morgan fingerprint density at radius 1 is 1.19 bits per heavy atom. The zero-order chi connectivity index (χ0) is 19.2. The first-order valence-corrected chi connectivity index (χ1v) is 9.42. The molecule has 0 radical (unpaired) electrons. The van der Waals surface area contributed by atoms with Crippen LogP contribution in [0.4, 0.5) is 0 Å². The highest BCUT2D eigenvalue weighted by atomic mass is 35.5. The third kappa shape index (κ3) is 4.88. The number of thiazole rings is 1. The maximum absolute atomic E-state index is 12.3. The Balaban J connectivity index is 1.83. The van der Waals surface area contributed by atoms with Gasteiger partial charge in [0.15, 0.2) is 11.4 Å². The summed E-state index contributed by atoms with van der Waals surface area (Å²) >= 11 is 7.48. The number of nitrogens with zero attached hydrogens (tertiary/aromatic N) is 2. The Hall–Kier alpha value is -2.35. The third-order valence-electron chi connectivity index (χ3n) is 3.79. The van der Waals surface area contributed by atoms with Gasteiger partial charge in [0, 0.05) is 24.7 Å². The molecule has 142 valence electrons. The summed E-state index contributed by atoms with van der Waals surface area (Å²) in [6, 6.07) is 12.7. The molecule has 0 aliphatic rings. The van der Waals surface area contributed by atoms with Crippen LogP contribution >= 0.6 is 22.9 Å². The number of hydrogen-bond acceptors (Lipinski definition) is 5. The SMILES string of the molecule is COCCn1c(=NC(=O)COc2cccc(OC)c2)sc2cc(Cl)ccc21. The molecule has 3 rings (SSSR count). The predicted octanol–water partition coefficient (Wildman–Crippen LogP) is 3.52. The van der Waals surface area contributed by atoms with Crippen molar-refractivity contribution in [1.82, 2.24) is 4.57 Å². The number of benzene rings is 2. The number of ether oxygens (including phenoxy) is 3. The molecule has 0 aliphatic heterocycles. The van der Waals surface area contributed by atoms with Crippen molar-refractivity contribution in [2.75, 3.05) is 27.4 Å². The summed E-state index contributed by atoms with van der Waals surface area (Å²) in [5.41, 5.74) is 0.960. The maximum atomic E-state index is 12.3. The van der Waals surface area contributed by atoms with Gasteiger partial charge in [-0.25, -0.2) is 0 Å². The maximum Gasteiger partial charge on any atom is 0.286 e. The van der Waals surface area contributed by atoms with Gasteiger partial charge in [-0.1, -0.05) is 29.0 Å². The highest BCUT2D eigenvalue weighted by molar-refractivity contribution is 7.16. The molecule has 1 amide bonds. The number of carbonyl (C=O) groups excluding carboxylic acids is 1. The van der Waals surface area contributed by atoms with Gasteiger partial charge >= 0.3 is 0 Å². The molecule has 0 fully saturated rings. The molecule has 3 aromatic rings. The Morgan fingerprint density at radius 3 is 2.78 bits per heavy atom. The Labute approximate surface area is 165 Å². The van der Waals surface area contributed by atoms with E-state index in [1.807, 2.05) is 22.8 Å². The van der Waals surface area contributed by atoms with Crippen LogP contribution < -0.4 is 14.3 Å². The molecule has 8 heteroatoms. The number of amides is 1. The average molecular weight is 407 g/mol. The minimum absolute atomic E-state index is 0.160. The normalized spacial score (nSPS) is 11.7. The van der Waals surface area contributed by atoms with Gasteiger partial charge in [0.2, 0.25) is 0 Å². The highest BCUT2D eigenvalue weighted by Crippen LogP contribution is 2.22. The average Bonchev–Trinajstić information content (AvgIpc) is 3.00. The molecule has 1 heterocycles. The summed E-state index contributed by atoms with van der Waals surface area (Å²) in [5, 5.41) is 0.641. The fourth-order valence-corrected chi connectivity index (χ4v) is 3.86. The van der Waals surface area contributed by atoms with Gasteiger partial charge in [-0.2, -0.15) is 4.99 Å². The largest absolute Gasteiger partial charge is 0.497 e. The zero-order valence-corrected chi connectivity index (χ0v) is 16.5. The van der Waals surface area contributed by atoms with Crippen molar-refractivity contribution in [2.45, 2.75) is 6.54 Å². The Bertz CT molecular complexity index is 1010. The molecule has 0 atom stereocenters. The summed E-state index contributed by atoms with van der Waals surface area (Å²) in [6.07, 6.45) is 0. The van der Waals surface area contributed by atoms with Crippen molar-refractivity contribution in [3.8, 4) is 11.5 Å². The summed E-state index contributed by atoms with van der Waals surface area (Å²) in [7, 11) is 3.21. The molecule has 0 spiro atoms. The molecule has 1 aromatic heterocycles. The molecule has 0 aliphatic carbocycles. The molecule has 0 saturated carbocycles. The molecule has 2 aromatic carbocycles. The van der Waals surface area contributed by atoms with Crippen LogP contribution in [-0.2, 0) is 16.1 Å². The minimum Gasteiger partial charge on any atom is -0.497 e. The Morgan fingerprint density at radius 2 is 2.00 bits per heavy atom. The van der Waals surface area contributed by atoms with E-state index >= 15 is 0 Å². The second kappa shape index (κ2) is 9.03. The molecule has 0 N–H and O–H groups in total. The van der Waals surface area contributed by atoms with Gasteiger partial charge in [-0.15, -0.1) is 0 Å². The zero-order valence-electron chi connectivity index (χ0n) is 15.0.